The van der Waals surface area contributed by atoms with Gasteiger partial charge >= 0.3 is 0 Å². The lowest BCUT2D eigenvalue weighted by molar-refractivity contribution is -0.120. The lowest BCUT2D eigenvalue weighted by Gasteiger charge is -2.21. The molecule has 0 fully saturated rings. The number of carbonyl (C=O) groups is 1. The number of carbonyl (C=O) groups excluding carboxylic acids is 1. The van der Waals surface area contributed by atoms with Crippen molar-refractivity contribution in [3.8, 4) is 17.2 Å². The third-order valence-electron chi connectivity index (χ3n) is 3.00. The van der Waals surface area contributed by atoms with Gasteiger partial charge in [-0.3, -0.25) is 4.79 Å². The predicted molar refractivity (Wildman–Crippen MR) is 87.0 cm³/mol. The Morgan fingerprint density at radius 1 is 1.13 bits per heavy atom. The van der Waals surface area contributed by atoms with E-state index in [0.29, 0.717) is 11.7 Å². The van der Waals surface area contributed by atoms with Crippen LogP contribution in [0.5, 0.6) is 5.75 Å². The van der Waals surface area contributed by atoms with Crippen LogP contribution < -0.4 is 10.1 Å². The van der Waals surface area contributed by atoms with E-state index in [1.807, 2.05) is 58.9 Å². The van der Waals surface area contributed by atoms with Gasteiger partial charge in [0, 0.05) is 12.5 Å². The number of nitrogens with zero attached hydrogens (tertiary/aromatic N) is 2. The van der Waals surface area contributed by atoms with Gasteiger partial charge in [-0.05, 0) is 58.9 Å². The molecule has 2 rings (SSSR count). The Bertz CT molecular complexity index is 682. The lowest BCUT2D eigenvalue weighted by Crippen LogP contribution is -2.40. The molecule has 0 atom stereocenters. The average Bonchev–Trinajstić information content (AvgIpc) is 2.86. The summed E-state index contributed by atoms with van der Waals surface area (Å²) in [5.74, 6) is 1.46. The summed E-state index contributed by atoms with van der Waals surface area (Å²) < 4.78 is 11.1. The van der Waals surface area contributed by atoms with E-state index in [1.54, 1.807) is 0 Å². The van der Waals surface area contributed by atoms with Crippen LogP contribution >= 0.6 is 0 Å². The summed E-state index contributed by atoms with van der Waals surface area (Å²) in [6.45, 7) is 11.1. The number of rotatable bonds is 4. The summed E-state index contributed by atoms with van der Waals surface area (Å²) in [4.78, 5) is 15.6. The van der Waals surface area contributed by atoms with E-state index < -0.39 is 5.54 Å². The smallest absolute Gasteiger partial charge is 0.258 e. The van der Waals surface area contributed by atoms with Gasteiger partial charge in [0.15, 0.2) is 5.82 Å². The van der Waals surface area contributed by atoms with Crippen LogP contribution in [0.1, 0.15) is 47.4 Å². The second-order valence-corrected chi connectivity index (χ2v) is 6.97. The molecule has 1 aromatic carbocycles. The molecule has 0 unspecified atom stereocenters. The maximum atomic E-state index is 11.2. The van der Waals surface area contributed by atoms with Gasteiger partial charge in [-0.25, -0.2) is 0 Å². The summed E-state index contributed by atoms with van der Waals surface area (Å²) in [5, 5.41) is 6.76. The molecule has 1 aromatic heterocycles. The highest BCUT2D eigenvalue weighted by molar-refractivity contribution is 5.73. The Balaban J connectivity index is 2.19. The molecule has 0 saturated heterocycles. The summed E-state index contributed by atoms with van der Waals surface area (Å²) in [6, 6.07) is 7.46. The van der Waals surface area contributed by atoms with Gasteiger partial charge in [0.2, 0.25) is 5.91 Å². The molecule has 124 valence electrons. The first-order chi connectivity index (χ1) is 10.6. The maximum Gasteiger partial charge on any atom is 0.258 e. The first kappa shape index (κ1) is 17.0. The fourth-order valence-electron chi connectivity index (χ4n) is 2.11. The van der Waals surface area contributed by atoms with Crippen molar-refractivity contribution >= 4 is 5.91 Å². The van der Waals surface area contributed by atoms with Crippen molar-refractivity contribution < 1.29 is 14.1 Å². The predicted octanol–water partition coefficient (Wildman–Crippen LogP) is 3.29. The first-order valence-electron chi connectivity index (χ1n) is 7.49. The Labute approximate surface area is 136 Å². The number of nitrogens with one attached hydrogen (secondary N) is 1. The lowest BCUT2D eigenvalue weighted by atomic mass is 10.1. The van der Waals surface area contributed by atoms with Gasteiger partial charge in [-0.15, -0.1) is 0 Å². The largest absolute Gasteiger partial charge is 0.488 e. The molecule has 2 aromatic rings. The molecule has 6 nitrogen and oxygen atoms in total. The third kappa shape index (κ3) is 4.55. The molecule has 0 radical (unpaired) electrons. The highest BCUT2D eigenvalue weighted by Crippen LogP contribution is 2.25. The molecule has 0 aliphatic heterocycles. The van der Waals surface area contributed by atoms with Crippen molar-refractivity contribution in [3.63, 3.8) is 0 Å². The monoisotopic (exact) mass is 317 g/mol. The van der Waals surface area contributed by atoms with Gasteiger partial charge in [0.1, 0.15) is 11.4 Å². The van der Waals surface area contributed by atoms with Crippen LogP contribution in [0, 0.1) is 0 Å². The molecule has 1 amide bonds. The molecule has 6 heteroatoms. The summed E-state index contributed by atoms with van der Waals surface area (Å²) >= 11 is 0. The van der Waals surface area contributed by atoms with Crippen LogP contribution in [0.4, 0.5) is 0 Å². The van der Waals surface area contributed by atoms with Crippen molar-refractivity contribution in [1.29, 1.82) is 0 Å². The minimum absolute atomic E-state index is 0.148. The molecule has 0 spiro atoms. The van der Waals surface area contributed by atoms with Crippen molar-refractivity contribution in [2.45, 2.75) is 52.7 Å². The number of amides is 1. The average molecular weight is 317 g/mol. The fraction of sp³-hybridized carbons (Fsp3) is 0.471. The van der Waals surface area contributed by atoms with Crippen LogP contribution in [-0.2, 0) is 10.3 Å². The fourth-order valence-corrected chi connectivity index (χ4v) is 2.11. The van der Waals surface area contributed by atoms with E-state index in [9.17, 15) is 4.79 Å². The number of hydrogen-bond donors (Lipinski definition) is 1. The van der Waals surface area contributed by atoms with Gasteiger partial charge in [-0.1, -0.05) is 5.16 Å². The number of aromatic nitrogens is 2. The minimum atomic E-state index is -0.692. The molecule has 23 heavy (non-hydrogen) atoms. The Morgan fingerprint density at radius 3 is 2.26 bits per heavy atom. The zero-order valence-electron chi connectivity index (χ0n) is 14.4. The molecule has 0 saturated carbocycles. The molecule has 1 N–H and O–H groups in total. The van der Waals surface area contributed by atoms with E-state index in [2.05, 4.69) is 15.5 Å². The highest BCUT2D eigenvalue weighted by atomic mass is 16.5. The Hall–Kier alpha value is -2.37. The van der Waals surface area contributed by atoms with Gasteiger partial charge in [0.25, 0.3) is 5.89 Å². The van der Waals surface area contributed by atoms with Crippen LogP contribution in [0.2, 0.25) is 0 Å². The van der Waals surface area contributed by atoms with E-state index >= 15 is 0 Å². The van der Waals surface area contributed by atoms with E-state index in [-0.39, 0.29) is 11.5 Å². The zero-order valence-corrected chi connectivity index (χ0v) is 14.4. The Morgan fingerprint density at radius 2 is 1.74 bits per heavy atom. The third-order valence-corrected chi connectivity index (χ3v) is 3.00. The SMILES string of the molecule is CC(=O)NC(C)(C)c1noc(-c2ccc(OC(C)(C)C)cc2)n1. The van der Waals surface area contributed by atoms with Crippen LogP contribution in [0.3, 0.4) is 0 Å². The molecular weight excluding hydrogens is 294 g/mol. The van der Waals surface area contributed by atoms with Crippen LogP contribution in [0.15, 0.2) is 28.8 Å². The van der Waals surface area contributed by atoms with Crippen LogP contribution in [0.25, 0.3) is 11.5 Å². The number of ether oxygens (including phenoxy) is 1. The summed E-state index contributed by atoms with van der Waals surface area (Å²) in [7, 11) is 0. The number of hydrogen-bond acceptors (Lipinski definition) is 5. The number of benzene rings is 1. The zero-order chi connectivity index (χ0) is 17.3. The van der Waals surface area contributed by atoms with Gasteiger partial charge < -0.3 is 14.6 Å². The van der Waals surface area contributed by atoms with Crippen molar-refractivity contribution in [2.75, 3.05) is 0 Å². The normalized spacial score (nSPS) is 12.1. The van der Waals surface area contributed by atoms with E-state index in [1.165, 1.54) is 6.92 Å². The minimum Gasteiger partial charge on any atom is -0.488 e. The summed E-state index contributed by atoms with van der Waals surface area (Å²) in [6.07, 6.45) is 0. The van der Waals surface area contributed by atoms with Crippen molar-refractivity contribution in [2.24, 2.45) is 0 Å². The van der Waals surface area contributed by atoms with Crippen molar-refractivity contribution in [1.82, 2.24) is 15.5 Å². The van der Waals surface area contributed by atoms with E-state index in [4.69, 9.17) is 9.26 Å². The quantitative estimate of drug-likeness (QED) is 0.936. The Kier molecular flexibility index (Phi) is 4.45. The van der Waals surface area contributed by atoms with E-state index in [0.717, 1.165) is 11.3 Å². The molecule has 0 bridgehead atoms. The second kappa shape index (κ2) is 6.02. The molecular formula is C17H23N3O3. The second-order valence-electron chi connectivity index (χ2n) is 6.97. The maximum absolute atomic E-state index is 11.2. The highest BCUT2D eigenvalue weighted by Gasteiger charge is 2.27. The standard InChI is InChI=1S/C17H23N3O3/c1-11(21)19-17(5,6)15-18-14(23-20-15)12-7-9-13(10-8-12)22-16(2,3)4/h7-10H,1-6H3,(H,19,21). The van der Waals surface area contributed by atoms with Gasteiger partial charge in [0.05, 0.1) is 5.54 Å². The molecule has 0 aliphatic rings. The summed E-state index contributed by atoms with van der Waals surface area (Å²) in [5.41, 5.74) is -0.145. The van der Waals surface area contributed by atoms with Gasteiger partial charge in [-0.2, -0.15) is 4.98 Å². The first-order valence-corrected chi connectivity index (χ1v) is 7.49. The molecule has 0 aliphatic carbocycles. The molecule has 1 heterocycles. The van der Waals surface area contributed by atoms with Crippen LogP contribution in [-0.4, -0.2) is 21.6 Å². The van der Waals surface area contributed by atoms with Crippen molar-refractivity contribution in [3.05, 3.63) is 30.1 Å². The topological polar surface area (TPSA) is 77.2 Å².